The summed E-state index contributed by atoms with van der Waals surface area (Å²) in [4.78, 5) is 2.19. The Hall–Kier alpha value is -1.13. The van der Waals surface area contributed by atoms with E-state index in [4.69, 9.17) is 12.2 Å². The van der Waals surface area contributed by atoms with Crippen LogP contribution in [-0.2, 0) is 6.42 Å². The third-order valence-electron chi connectivity index (χ3n) is 3.74. The Morgan fingerprint density at radius 3 is 2.95 bits per heavy atom. The number of benzene rings is 1. The fourth-order valence-electron chi connectivity index (χ4n) is 2.71. The smallest absolute Gasteiger partial charge is 0.166 e. The molecule has 0 heterocycles. The monoisotopic (exact) mass is 291 g/mol. The Morgan fingerprint density at radius 1 is 1.35 bits per heavy atom. The topological polar surface area (TPSA) is 27.3 Å². The Kier molecular flexibility index (Phi) is 5.80. The number of nitrogens with zero attached hydrogens (tertiary/aromatic N) is 1. The van der Waals surface area contributed by atoms with Crippen molar-refractivity contribution in [2.75, 3.05) is 27.2 Å². The summed E-state index contributed by atoms with van der Waals surface area (Å²) in [5, 5.41) is 7.56. The molecule has 110 valence electrons. The lowest BCUT2D eigenvalue weighted by atomic mass is 9.88. The molecular formula is C16H25N3S. The standard InChI is InChI=1S/C16H25N3S/c1-19(2)12-6-11-17-16(20)18-15-10-5-8-13-7-3-4-9-14(13)15/h3-4,7,9,15H,5-6,8,10-12H2,1-2H3,(H2,17,18,20)/t15-/m0/s1. The minimum absolute atomic E-state index is 0.369. The van der Waals surface area contributed by atoms with Crippen LogP contribution in [0.1, 0.15) is 36.4 Å². The highest BCUT2D eigenvalue weighted by Gasteiger charge is 2.19. The van der Waals surface area contributed by atoms with E-state index in [9.17, 15) is 0 Å². The van der Waals surface area contributed by atoms with E-state index in [1.807, 2.05) is 0 Å². The van der Waals surface area contributed by atoms with Crippen LogP contribution in [0.5, 0.6) is 0 Å². The molecule has 0 unspecified atom stereocenters. The second-order valence-electron chi connectivity index (χ2n) is 5.70. The summed E-state index contributed by atoms with van der Waals surface area (Å²) in [6.07, 6.45) is 4.70. The van der Waals surface area contributed by atoms with Crippen LogP contribution in [0.3, 0.4) is 0 Å². The normalized spacial score (nSPS) is 17.6. The van der Waals surface area contributed by atoms with E-state index in [0.717, 1.165) is 31.0 Å². The molecule has 1 aliphatic rings. The molecule has 20 heavy (non-hydrogen) atoms. The van der Waals surface area contributed by atoms with Gasteiger partial charge in [0.05, 0.1) is 6.04 Å². The number of nitrogens with one attached hydrogen (secondary N) is 2. The molecule has 1 aromatic rings. The first-order valence-electron chi connectivity index (χ1n) is 7.43. The molecule has 0 fully saturated rings. The number of rotatable bonds is 5. The Morgan fingerprint density at radius 2 is 2.15 bits per heavy atom. The SMILES string of the molecule is CN(C)CCCNC(=S)N[C@H]1CCCc2ccccc21. The van der Waals surface area contributed by atoms with Crippen molar-refractivity contribution in [2.45, 2.75) is 31.7 Å². The van der Waals surface area contributed by atoms with Crippen molar-refractivity contribution in [1.82, 2.24) is 15.5 Å². The molecule has 0 aliphatic heterocycles. The van der Waals surface area contributed by atoms with E-state index in [1.165, 1.54) is 24.0 Å². The van der Waals surface area contributed by atoms with Gasteiger partial charge >= 0.3 is 0 Å². The number of aryl methyl sites for hydroxylation is 1. The van der Waals surface area contributed by atoms with E-state index in [1.54, 1.807) is 0 Å². The molecular weight excluding hydrogens is 266 g/mol. The molecule has 0 spiro atoms. The van der Waals surface area contributed by atoms with Gasteiger partial charge in [-0.05, 0) is 69.7 Å². The van der Waals surface area contributed by atoms with Crippen LogP contribution in [-0.4, -0.2) is 37.2 Å². The first-order chi connectivity index (χ1) is 9.66. The van der Waals surface area contributed by atoms with Gasteiger partial charge in [-0.15, -0.1) is 0 Å². The van der Waals surface area contributed by atoms with Crippen molar-refractivity contribution in [2.24, 2.45) is 0 Å². The van der Waals surface area contributed by atoms with Gasteiger partial charge in [0.25, 0.3) is 0 Å². The minimum Gasteiger partial charge on any atom is -0.363 e. The van der Waals surface area contributed by atoms with Crippen molar-refractivity contribution in [3.8, 4) is 0 Å². The van der Waals surface area contributed by atoms with Crippen LogP contribution >= 0.6 is 12.2 Å². The molecule has 0 bridgehead atoms. The summed E-state index contributed by atoms with van der Waals surface area (Å²) in [5.41, 5.74) is 2.88. The predicted molar refractivity (Wildman–Crippen MR) is 89.0 cm³/mol. The number of thiocarbonyl (C=S) groups is 1. The highest BCUT2D eigenvalue weighted by atomic mass is 32.1. The van der Waals surface area contributed by atoms with Crippen molar-refractivity contribution in [3.05, 3.63) is 35.4 Å². The zero-order chi connectivity index (χ0) is 14.4. The third kappa shape index (κ3) is 4.46. The second-order valence-corrected chi connectivity index (χ2v) is 6.11. The van der Waals surface area contributed by atoms with Crippen molar-refractivity contribution >= 4 is 17.3 Å². The molecule has 3 nitrogen and oxygen atoms in total. The van der Waals surface area contributed by atoms with Crippen LogP contribution in [0.25, 0.3) is 0 Å². The molecule has 1 aromatic carbocycles. The van der Waals surface area contributed by atoms with Gasteiger partial charge in [-0.2, -0.15) is 0 Å². The highest BCUT2D eigenvalue weighted by Crippen LogP contribution is 2.29. The highest BCUT2D eigenvalue weighted by molar-refractivity contribution is 7.80. The third-order valence-corrected chi connectivity index (χ3v) is 4.00. The largest absolute Gasteiger partial charge is 0.363 e. The molecule has 1 atom stereocenters. The van der Waals surface area contributed by atoms with E-state index >= 15 is 0 Å². The van der Waals surface area contributed by atoms with Gasteiger partial charge in [-0.25, -0.2) is 0 Å². The lowest BCUT2D eigenvalue weighted by molar-refractivity contribution is 0.399. The molecule has 0 saturated carbocycles. The minimum atomic E-state index is 0.369. The van der Waals surface area contributed by atoms with Crippen LogP contribution < -0.4 is 10.6 Å². The summed E-state index contributed by atoms with van der Waals surface area (Å²) in [6, 6.07) is 9.07. The van der Waals surface area contributed by atoms with Gasteiger partial charge in [-0.1, -0.05) is 24.3 Å². The lowest BCUT2D eigenvalue weighted by Crippen LogP contribution is -2.39. The predicted octanol–water partition coefficient (Wildman–Crippen LogP) is 2.48. The Labute approximate surface area is 127 Å². The number of hydrogen-bond acceptors (Lipinski definition) is 2. The summed E-state index contributed by atoms with van der Waals surface area (Å²) in [6.45, 7) is 2.01. The second kappa shape index (κ2) is 7.60. The van der Waals surface area contributed by atoms with Gasteiger partial charge in [0, 0.05) is 6.54 Å². The maximum Gasteiger partial charge on any atom is 0.166 e. The Bertz CT molecular complexity index is 445. The Balaban J connectivity index is 1.80. The van der Waals surface area contributed by atoms with E-state index in [-0.39, 0.29) is 0 Å². The quantitative estimate of drug-likeness (QED) is 0.644. The van der Waals surface area contributed by atoms with Crippen LogP contribution in [0.2, 0.25) is 0 Å². The summed E-state index contributed by atoms with van der Waals surface area (Å²) < 4.78 is 0. The fourth-order valence-corrected chi connectivity index (χ4v) is 2.95. The van der Waals surface area contributed by atoms with Crippen LogP contribution in [0, 0.1) is 0 Å². The molecule has 0 aromatic heterocycles. The molecule has 4 heteroatoms. The molecule has 0 radical (unpaired) electrons. The van der Waals surface area contributed by atoms with E-state index in [0.29, 0.717) is 6.04 Å². The molecule has 1 aliphatic carbocycles. The van der Waals surface area contributed by atoms with Gasteiger partial charge < -0.3 is 15.5 Å². The van der Waals surface area contributed by atoms with Gasteiger partial charge in [-0.3, -0.25) is 0 Å². The van der Waals surface area contributed by atoms with Gasteiger partial charge in [0.1, 0.15) is 0 Å². The summed E-state index contributed by atoms with van der Waals surface area (Å²) in [5.74, 6) is 0. The number of fused-ring (bicyclic) bond motifs is 1. The number of hydrogen-bond donors (Lipinski definition) is 2. The van der Waals surface area contributed by atoms with Gasteiger partial charge in [0.15, 0.2) is 5.11 Å². The zero-order valence-electron chi connectivity index (χ0n) is 12.5. The fraction of sp³-hybridized carbons (Fsp3) is 0.562. The first-order valence-corrected chi connectivity index (χ1v) is 7.84. The average molecular weight is 291 g/mol. The lowest BCUT2D eigenvalue weighted by Gasteiger charge is -2.27. The first kappa shape index (κ1) is 15.3. The van der Waals surface area contributed by atoms with E-state index < -0.39 is 0 Å². The maximum absolute atomic E-state index is 5.41. The molecule has 2 N–H and O–H groups in total. The van der Waals surface area contributed by atoms with E-state index in [2.05, 4.69) is 53.9 Å². The molecule has 0 amide bonds. The van der Waals surface area contributed by atoms with Crippen molar-refractivity contribution in [1.29, 1.82) is 0 Å². The molecule has 2 rings (SSSR count). The van der Waals surface area contributed by atoms with Crippen LogP contribution in [0.4, 0.5) is 0 Å². The maximum atomic E-state index is 5.41. The molecule has 0 saturated heterocycles. The zero-order valence-corrected chi connectivity index (χ0v) is 13.3. The summed E-state index contributed by atoms with van der Waals surface area (Å²) >= 11 is 5.41. The average Bonchev–Trinajstić information content (AvgIpc) is 2.44. The summed E-state index contributed by atoms with van der Waals surface area (Å²) in [7, 11) is 4.19. The van der Waals surface area contributed by atoms with Crippen molar-refractivity contribution in [3.63, 3.8) is 0 Å². The van der Waals surface area contributed by atoms with Gasteiger partial charge in [0.2, 0.25) is 0 Å². The van der Waals surface area contributed by atoms with Crippen molar-refractivity contribution < 1.29 is 0 Å². The van der Waals surface area contributed by atoms with Crippen LogP contribution in [0.15, 0.2) is 24.3 Å².